The Morgan fingerprint density at radius 3 is 2.66 bits per heavy atom. The second-order valence-electron chi connectivity index (χ2n) is 9.63. The molecule has 1 aliphatic heterocycles. The van der Waals surface area contributed by atoms with Crippen molar-refractivity contribution < 1.29 is 27.5 Å². The number of rotatable bonds is 9. The van der Waals surface area contributed by atoms with Gasteiger partial charge in [-0.1, -0.05) is 42.0 Å². The molecule has 2 atom stereocenters. The zero-order valence-corrected chi connectivity index (χ0v) is 22.9. The molecule has 2 aromatic carbocycles. The second kappa shape index (κ2) is 12.2. The molecule has 2 aromatic heterocycles. The number of aryl methyl sites for hydroxylation is 1. The van der Waals surface area contributed by atoms with Gasteiger partial charge in [-0.05, 0) is 60.2 Å². The van der Waals surface area contributed by atoms with Crippen molar-refractivity contribution in [3.8, 4) is 10.7 Å². The molecule has 0 radical (unpaired) electrons. The fourth-order valence-corrected chi connectivity index (χ4v) is 5.21. The summed E-state index contributed by atoms with van der Waals surface area (Å²) < 4.78 is 46.7. The smallest absolute Gasteiger partial charge is 0.376 e. The van der Waals surface area contributed by atoms with E-state index < -0.39 is 36.1 Å². The number of ether oxygens (including phenoxy) is 1. The van der Waals surface area contributed by atoms with Gasteiger partial charge in [-0.2, -0.15) is 18.0 Å². The maximum absolute atomic E-state index is 13.9. The van der Waals surface area contributed by atoms with Crippen LogP contribution in [0, 0.1) is 6.92 Å². The van der Waals surface area contributed by atoms with Gasteiger partial charge in [0.1, 0.15) is 12.6 Å². The quantitative estimate of drug-likeness (QED) is 0.303. The fraction of sp³-hybridized carbons (Fsp3) is 0.321. The van der Waals surface area contributed by atoms with Crippen molar-refractivity contribution in [2.75, 3.05) is 18.1 Å². The number of nitrogens with zero attached hydrogens (tertiary/aromatic N) is 5. The van der Waals surface area contributed by atoms with E-state index in [0.29, 0.717) is 18.0 Å². The van der Waals surface area contributed by atoms with E-state index in [1.165, 1.54) is 23.5 Å². The molecule has 13 heteroatoms. The van der Waals surface area contributed by atoms with Crippen molar-refractivity contribution in [1.29, 1.82) is 0 Å². The number of halogens is 3. The van der Waals surface area contributed by atoms with Crippen LogP contribution in [0.5, 0.6) is 0 Å². The van der Waals surface area contributed by atoms with E-state index in [1.54, 1.807) is 30.3 Å². The molecule has 2 unspecified atom stereocenters. The van der Waals surface area contributed by atoms with Crippen LogP contribution in [-0.4, -0.2) is 51.3 Å². The number of benzene rings is 2. The number of nitrogens with one attached hydrogen (secondary N) is 1. The van der Waals surface area contributed by atoms with Gasteiger partial charge in [-0.15, -0.1) is 21.5 Å². The first-order valence-corrected chi connectivity index (χ1v) is 13.8. The van der Waals surface area contributed by atoms with Gasteiger partial charge in [0.05, 0.1) is 16.5 Å². The van der Waals surface area contributed by atoms with Crippen LogP contribution in [0.1, 0.15) is 35.6 Å². The largest absolute Gasteiger partial charge is 0.416 e. The van der Waals surface area contributed by atoms with Crippen LogP contribution in [0.15, 0.2) is 66.0 Å². The van der Waals surface area contributed by atoms with Crippen LogP contribution >= 0.6 is 11.3 Å². The average molecular weight is 585 g/mol. The Hall–Kier alpha value is -4.10. The first-order chi connectivity index (χ1) is 19.7. The molecule has 1 N–H and O–H groups in total. The number of carbonyl (C=O) groups is 2. The maximum atomic E-state index is 13.9. The number of carbonyl (C=O) groups excluding carboxylic acids is 2. The summed E-state index contributed by atoms with van der Waals surface area (Å²) in [4.78, 5) is 30.6. The zero-order chi connectivity index (χ0) is 29.0. The molecular weight excluding hydrogens is 557 g/mol. The third-order valence-electron chi connectivity index (χ3n) is 6.62. The lowest BCUT2D eigenvalue weighted by Gasteiger charge is -2.32. The van der Waals surface area contributed by atoms with Gasteiger partial charge in [0.15, 0.2) is 0 Å². The fourth-order valence-electron chi connectivity index (χ4n) is 4.56. The van der Waals surface area contributed by atoms with Gasteiger partial charge in [-0.25, -0.2) is 0 Å². The van der Waals surface area contributed by atoms with Gasteiger partial charge in [0.25, 0.3) is 5.91 Å². The Labute approximate surface area is 237 Å². The number of hydrogen-bond acceptors (Lipinski definition) is 7. The molecule has 214 valence electrons. The number of alkyl halides is 3. The summed E-state index contributed by atoms with van der Waals surface area (Å²) >= 11 is 1.39. The normalized spacial score (nSPS) is 16.0. The number of hydrogen-bond donors (Lipinski definition) is 1. The lowest BCUT2D eigenvalue weighted by atomic mass is 10.0. The van der Waals surface area contributed by atoms with Crippen molar-refractivity contribution in [3.63, 3.8) is 0 Å². The number of tetrazole rings is 1. The van der Waals surface area contributed by atoms with Gasteiger partial charge in [0, 0.05) is 18.8 Å². The highest BCUT2D eigenvalue weighted by atomic mass is 32.1. The summed E-state index contributed by atoms with van der Waals surface area (Å²) in [6.07, 6.45) is -3.19. The van der Waals surface area contributed by atoms with E-state index in [4.69, 9.17) is 4.74 Å². The highest BCUT2D eigenvalue weighted by molar-refractivity contribution is 7.13. The summed E-state index contributed by atoms with van der Waals surface area (Å²) in [5.41, 5.74) is 0.296. The molecule has 5 rings (SSSR count). The Morgan fingerprint density at radius 1 is 1.17 bits per heavy atom. The minimum Gasteiger partial charge on any atom is -0.376 e. The minimum absolute atomic E-state index is 0.0961. The average Bonchev–Trinajstić information content (AvgIpc) is 3.74. The predicted molar refractivity (Wildman–Crippen MR) is 146 cm³/mol. The summed E-state index contributed by atoms with van der Waals surface area (Å²) in [7, 11) is 0. The lowest BCUT2D eigenvalue weighted by molar-refractivity contribution is -0.137. The Bertz CT molecular complexity index is 1480. The van der Waals surface area contributed by atoms with Crippen LogP contribution in [0.2, 0.25) is 0 Å². The molecule has 4 aromatic rings. The first-order valence-electron chi connectivity index (χ1n) is 13.0. The van der Waals surface area contributed by atoms with Crippen LogP contribution in [0.25, 0.3) is 10.7 Å². The highest BCUT2D eigenvalue weighted by Crippen LogP contribution is 2.35. The lowest BCUT2D eigenvalue weighted by Crippen LogP contribution is -2.46. The monoisotopic (exact) mass is 584 g/mol. The molecule has 0 aliphatic carbocycles. The molecular formula is C28H27F3N6O3S. The van der Waals surface area contributed by atoms with Crippen LogP contribution in [-0.2, 0) is 27.0 Å². The van der Waals surface area contributed by atoms with Gasteiger partial charge < -0.3 is 10.1 Å². The number of anilines is 1. The van der Waals surface area contributed by atoms with E-state index in [1.807, 2.05) is 18.4 Å². The third-order valence-corrected chi connectivity index (χ3v) is 7.48. The SMILES string of the molecule is Cc1ccc(C(C(=O)NCC2CCCO2)N(C(=O)Cn2nnc(-c3cccs3)n2)c2cccc(C(F)(F)F)c2)cc1. The molecule has 1 fully saturated rings. The Balaban J connectivity index is 1.53. The Morgan fingerprint density at radius 2 is 1.98 bits per heavy atom. The second-order valence-corrected chi connectivity index (χ2v) is 10.6. The first kappa shape index (κ1) is 28.4. The molecule has 0 spiro atoms. The van der Waals surface area contributed by atoms with E-state index in [-0.39, 0.29) is 18.3 Å². The van der Waals surface area contributed by atoms with Crippen molar-refractivity contribution in [3.05, 3.63) is 82.7 Å². The van der Waals surface area contributed by atoms with Crippen molar-refractivity contribution >= 4 is 28.8 Å². The molecule has 41 heavy (non-hydrogen) atoms. The highest BCUT2D eigenvalue weighted by Gasteiger charge is 2.36. The van der Waals surface area contributed by atoms with E-state index in [9.17, 15) is 22.8 Å². The zero-order valence-electron chi connectivity index (χ0n) is 22.0. The maximum Gasteiger partial charge on any atom is 0.416 e. The van der Waals surface area contributed by atoms with E-state index >= 15 is 0 Å². The number of aromatic nitrogens is 4. The molecule has 0 saturated carbocycles. The minimum atomic E-state index is -4.66. The molecule has 2 amide bonds. The van der Waals surface area contributed by atoms with E-state index in [0.717, 1.165) is 45.1 Å². The summed E-state index contributed by atoms with van der Waals surface area (Å²) in [6.45, 7) is 2.21. The molecule has 1 aliphatic rings. The Kier molecular flexibility index (Phi) is 8.45. The van der Waals surface area contributed by atoms with Gasteiger partial charge >= 0.3 is 6.18 Å². The van der Waals surface area contributed by atoms with Crippen LogP contribution in [0.3, 0.4) is 0 Å². The van der Waals surface area contributed by atoms with Crippen LogP contribution < -0.4 is 10.2 Å². The summed E-state index contributed by atoms with van der Waals surface area (Å²) in [6, 6.07) is 13.6. The van der Waals surface area contributed by atoms with Gasteiger partial charge in [-0.3, -0.25) is 14.5 Å². The predicted octanol–water partition coefficient (Wildman–Crippen LogP) is 4.80. The van der Waals surface area contributed by atoms with Crippen molar-refractivity contribution in [2.24, 2.45) is 0 Å². The molecule has 0 bridgehead atoms. The van der Waals surface area contributed by atoms with Crippen molar-refractivity contribution in [2.45, 2.75) is 44.6 Å². The molecule has 9 nitrogen and oxygen atoms in total. The number of thiophene rings is 1. The van der Waals surface area contributed by atoms with Crippen molar-refractivity contribution in [1.82, 2.24) is 25.5 Å². The summed E-state index contributed by atoms with van der Waals surface area (Å²) in [5, 5.41) is 16.9. The van der Waals surface area contributed by atoms with Gasteiger partial charge in [0.2, 0.25) is 11.7 Å². The topological polar surface area (TPSA) is 102 Å². The molecule has 1 saturated heterocycles. The third kappa shape index (κ3) is 6.80. The summed E-state index contributed by atoms with van der Waals surface area (Å²) in [5.74, 6) is -0.943. The van der Waals surface area contributed by atoms with E-state index in [2.05, 4.69) is 20.7 Å². The van der Waals surface area contributed by atoms with Crippen LogP contribution in [0.4, 0.5) is 18.9 Å². The standard InChI is InChI=1S/C28H27F3N6O3S/c1-18-9-11-19(12-10-18)25(27(39)32-16-22-7-3-13-40-22)37(21-6-2-5-20(15-21)28(29,30)31)24(38)17-36-34-26(33-35-36)23-8-4-14-41-23/h2,4-6,8-12,14-15,22,25H,3,7,13,16-17H2,1H3,(H,32,39). The number of amides is 2. The molecule has 3 heterocycles.